The van der Waals surface area contributed by atoms with E-state index in [0.29, 0.717) is 12.1 Å². The van der Waals surface area contributed by atoms with Gasteiger partial charge in [0.2, 0.25) is 5.91 Å². The van der Waals surface area contributed by atoms with E-state index in [1.165, 1.54) is 0 Å². The Kier molecular flexibility index (Phi) is 7.97. The average molecular weight is 275 g/mol. The SMILES string of the molecule is C=C(C)C(=O)NCC[N+](CCO)(CCO)CC(=O)O. The summed E-state index contributed by atoms with van der Waals surface area (Å²) in [5.41, 5.74) is 0.376. The third-order valence-corrected chi connectivity index (χ3v) is 2.88. The van der Waals surface area contributed by atoms with Crippen molar-refractivity contribution in [3.8, 4) is 0 Å². The zero-order chi connectivity index (χ0) is 14.9. The molecule has 0 rings (SSSR count). The summed E-state index contributed by atoms with van der Waals surface area (Å²) in [6.07, 6.45) is 0. The fourth-order valence-electron chi connectivity index (χ4n) is 1.84. The van der Waals surface area contributed by atoms with Crippen LogP contribution < -0.4 is 5.32 Å². The van der Waals surface area contributed by atoms with Crippen molar-refractivity contribution < 1.29 is 29.4 Å². The number of hydrogen-bond donors (Lipinski definition) is 4. The summed E-state index contributed by atoms with van der Waals surface area (Å²) in [5.74, 6) is -1.30. The maximum Gasteiger partial charge on any atom is 0.359 e. The second-order valence-corrected chi connectivity index (χ2v) is 4.55. The third kappa shape index (κ3) is 6.90. The van der Waals surface area contributed by atoms with Crippen LogP contribution in [0.4, 0.5) is 0 Å². The van der Waals surface area contributed by atoms with E-state index in [1.54, 1.807) is 6.92 Å². The Labute approximate surface area is 112 Å². The minimum atomic E-state index is -1.01. The van der Waals surface area contributed by atoms with E-state index < -0.39 is 5.97 Å². The highest BCUT2D eigenvalue weighted by molar-refractivity contribution is 5.92. The molecule has 0 radical (unpaired) electrons. The van der Waals surface area contributed by atoms with Crippen molar-refractivity contribution in [3.05, 3.63) is 12.2 Å². The molecule has 4 N–H and O–H groups in total. The number of aliphatic carboxylic acids is 1. The van der Waals surface area contributed by atoms with Gasteiger partial charge in [0.05, 0.1) is 26.3 Å². The molecule has 1 amide bonds. The Bertz CT molecular complexity index is 324. The van der Waals surface area contributed by atoms with Crippen LogP contribution in [0.25, 0.3) is 0 Å². The molecule has 0 saturated carbocycles. The summed E-state index contributed by atoms with van der Waals surface area (Å²) in [4.78, 5) is 22.2. The number of carboxylic acid groups (broad SMARTS) is 1. The molecule has 110 valence electrons. The van der Waals surface area contributed by atoms with Crippen LogP contribution in [-0.2, 0) is 9.59 Å². The van der Waals surface area contributed by atoms with E-state index in [1.807, 2.05) is 0 Å². The van der Waals surface area contributed by atoms with Crippen LogP contribution >= 0.6 is 0 Å². The van der Waals surface area contributed by atoms with Crippen molar-refractivity contribution in [2.45, 2.75) is 6.92 Å². The van der Waals surface area contributed by atoms with Crippen molar-refractivity contribution in [1.29, 1.82) is 0 Å². The number of hydrogen-bond acceptors (Lipinski definition) is 4. The topological polar surface area (TPSA) is 107 Å². The molecule has 7 nitrogen and oxygen atoms in total. The molecule has 0 aliphatic carbocycles. The van der Waals surface area contributed by atoms with Crippen molar-refractivity contribution in [1.82, 2.24) is 5.32 Å². The van der Waals surface area contributed by atoms with Crippen LogP contribution in [0.15, 0.2) is 12.2 Å². The van der Waals surface area contributed by atoms with Crippen molar-refractivity contribution >= 4 is 11.9 Å². The first-order valence-electron chi connectivity index (χ1n) is 6.09. The highest BCUT2D eigenvalue weighted by atomic mass is 16.4. The third-order valence-electron chi connectivity index (χ3n) is 2.88. The molecule has 0 saturated heterocycles. The number of carbonyl (C=O) groups is 2. The van der Waals surface area contributed by atoms with Gasteiger partial charge in [0.15, 0.2) is 6.54 Å². The summed E-state index contributed by atoms with van der Waals surface area (Å²) >= 11 is 0. The van der Waals surface area contributed by atoms with Gasteiger partial charge in [-0.1, -0.05) is 6.58 Å². The molecule has 0 aromatic heterocycles. The van der Waals surface area contributed by atoms with Gasteiger partial charge in [-0.3, -0.25) is 4.79 Å². The Hall–Kier alpha value is -1.44. The van der Waals surface area contributed by atoms with Gasteiger partial charge < -0.3 is 25.1 Å². The summed E-state index contributed by atoms with van der Waals surface area (Å²) in [6, 6.07) is 0. The highest BCUT2D eigenvalue weighted by Crippen LogP contribution is 2.05. The number of quaternary nitrogens is 1. The van der Waals surface area contributed by atoms with Crippen LogP contribution in [-0.4, -0.2) is 77.6 Å². The number of nitrogens with zero attached hydrogens (tertiary/aromatic N) is 1. The lowest BCUT2D eigenvalue weighted by Gasteiger charge is -2.36. The van der Waals surface area contributed by atoms with Crippen LogP contribution in [0.2, 0.25) is 0 Å². The van der Waals surface area contributed by atoms with Gasteiger partial charge in [0, 0.05) is 5.57 Å². The highest BCUT2D eigenvalue weighted by Gasteiger charge is 2.29. The number of nitrogens with one attached hydrogen (secondary N) is 1. The summed E-state index contributed by atoms with van der Waals surface area (Å²) in [5, 5.41) is 29.6. The number of aliphatic hydroxyl groups is 2. The lowest BCUT2D eigenvalue weighted by atomic mass is 10.3. The van der Waals surface area contributed by atoms with Gasteiger partial charge in [-0.25, -0.2) is 4.79 Å². The normalized spacial score (nSPS) is 11.1. The monoisotopic (exact) mass is 275 g/mol. The summed E-state index contributed by atoms with van der Waals surface area (Å²) < 4.78 is 0.0266. The quantitative estimate of drug-likeness (QED) is 0.289. The molecule has 0 spiro atoms. The first-order valence-corrected chi connectivity index (χ1v) is 6.09. The minimum Gasteiger partial charge on any atom is -0.477 e. The minimum absolute atomic E-state index is 0.0266. The smallest absolute Gasteiger partial charge is 0.359 e. The summed E-state index contributed by atoms with van der Waals surface area (Å²) in [6.45, 7) is 5.54. The zero-order valence-electron chi connectivity index (χ0n) is 11.3. The molecule has 0 fully saturated rings. The number of amides is 1. The molecular formula is C12H23N2O5+. The largest absolute Gasteiger partial charge is 0.477 e. The molecule has 19 heavy (non-hydrogen) atoms. The first kappa shape index (κ1) is 17.6. The molecule has 0 bridgehead atoms. The first-order chi connectivity index (χ1) is 8.87. The van der Waals surface area contributed by atoms with Gasteiger partial charge in [-0.2, -0.15) is 0 Å². The van der Waals surface area contributed by atoms with E-state index in [9.17, 15) is 9.59 Å². The van der Waals surface area contributed by atoms with Crippen LogP contribution in [0.3, 0.4) is 0 Å². The Morgan fingerprint density at radius 1 is 1.16 bits per heavy atom. The maximum atomic E-state index is 11.3. The van der Waals surface area contributed by atoms with E-state index in [0.717, 1.165) is 0 Å². The lowest BCUT2D eigenvalue weighted by molar-refractivity contribution is -0.920. The molecule has 0 unspecified atom stereocenters. The Morgan fingerprint density at radius 3 is 2.05 bits per heavy atom. The van der Waals surface area contributed by atoms with Crippen molar-refractivity contribution in [2.24, 2.45) is 0 Å². The van der Waals surface area contributed by atoms with Crippen LogP contribution in [0, 0.1) is 0 Å². The van der Waals surface area contributed by atoms with Gasteiger partial charge in [0.1, 0.15) is 13.1 Å². The molecule has 0 atom stereocenters. The number of carboxylic acids is 1. The van der Waals surface area contributed by atoms with Gasteiger partial charge in [-0.05, 0) is 6.92 Å². The van der Waals surface area contributed by atoms with E-state index >= 15 is 0 Å². The van der Waals surface area contributed by atoms with Gasteiger partial charge >= 0.3 is 5.97 Å². The lowest BCUT2D eigenvalue weighted by Crippen LogP contribution is -2.57. The molecule has 0 aromatic rings. The van der Waals surface area contributed by atoms with E-state index in [2.05, 4.69) is 11.9 Å². The van der Waals surface area contributed by atoms with E-state index in [-0.39, 0.29) is 49.8 Å². The van der Waals surface area contributed by atoms with Crippen LogP contribution in [0.5, 0.6) is 0 Å². The fourth-order valence-corrected chi connectivity index (χ4v) is 1.84. The van der Waals surface area contributed by atoms with Crippen molar-refractivity contribution in [2.75, 3.05) is 45.9 Å². The molecule has 0 heterocycles. The molecule has 0 aliphatic rings. The second-order valence-electron chi connectivity index (χ2n) is 4.55. The summed E-state index contributed by atoms with van der Waals surface area (Å²) in [7, 11) is 0. The average Bonchev–Trinajstić information content (AvgIpc) is 2.28. The van der Waals surface area contributed by atoms with Crippen LogP contribution in [0.1, 0.15) is 6.92 Å². The number of carbonyl (C=O) groups excluding carboxylic acids is 1. The van der Waals surface area contributed by atoms with Crippen molar-refractivity contribution in [3.63, 3.8) is 0 Å². The van der Waals surface area contributed by atoms with Gasteiger partial charge in [0.25, 0.3) is 0 Å². The van der Waals surface area contributed by atoms with Gasteiger partial charge in [-0.15, -0.1) is 0 Å². The Balaban J connectivity index is 4.58. The molecule has 7 heteroatoms. The fraction of sp³-hybridized carbons (Fsp3) is 0.667. The molecule has 0 aromatic carbocycles. The Morgan fingerprint density at radius 2 is 1.68 bits per heavy atom. The zero-order valence-corrected chi connectivity index (χ0v) is 11.3. The molecule has 0 aliphatic heterocycles. The number of rotatable bonds is 10. The standard InChI is InChI=1S/C12H22N2O5/c1-10(2)12(19)13-3-4-14(5-7-15,6-8-16)9-11(17)18/h15-16H,1,3-9H2,2H3,(H-,13,17,18,19)/p+1. The number of aliphatic hydroxyl groups excluding tert-OH is 2. The second kappa shape index (κ2) is 8.63. The van der Waals surface area contributed by atoms with E-state index in [4.69, 9.17) is 15.3 Å². The maximum absolute atomic E-state index is 11.3. The predicted octanol–water partition coefficient (Wildman–Crippen LogP) is -1.44. The molecular weight excluding hydrogens is 252 g/mol. The predicted molar refractivity (Wildman–Crippen MR) is 69.4 cm³/mol.